The zero-order chi connectivity index (χ0) is 23.8. The van der Waals surface area contributed by atoms with E-state index in [4.69, 9.17) is 0 Å². The Labute approximate surface area is 203 Å². The first-order valence-electron chi connectivity index (χ1n) is 11.5. The second-order valence-electron chi connectivity index (χ2n) is 7.76. The van der Waals surface area contributed by atoms with Crippen LogP contribution in [0.4, 0.5) is 22.5 Å². The number of thiazole rings is 1. The molecule has 4 aromatic rings. The minimum absolute atomic E-state index is 0.151. The summed E-state index contributed by atoms with van der Waals surface area (Å²) >= 11 is 1.30. The predicted molar refractivity (Wildman–Crippen MR) is 138 cm³/mol. The standard InChI is InChI=1S/C25H29N7OS/c1-3-18-8-5-9-19(4-2)23(18)31-24(33)20-16-28-25(34-20)30-22-11-6-10-21(29-22)27-12-7-14-32-15-13-26-17-32/h5-6,8-11,13,15-17H,3-4,7,12,14H2,1-2H3,(H,31,33)(H2,27,28,29,30). The summed E-state index contributed by atoms with van der Waals surface area (Å²) in [5.74, 6) is 1.31. The van der Waals surface area contributed by atoms with Crippen molar-refractivity contribution in [2.75, 3.05) is 22.5 Å². The van der Waals surface area contributed by atoms with Gasteiger partial charge < -0.3 is 20.5 Å². The summed E-state index contributed by atoms with van der Waals surface area (Å²) in [7, 11) is 0. The van der Waals surface area contributed by atoms with Crippen molar-refractivity contribution in [3.8, 4) is 0 Å². The van der Waals surface area contributed by atoms with E-state index in [1.54, 1.807) is 12.4 Å². The molecule has 0 unspecified atom stereocenters. The molecule has 3 N–H and O–H groups in total. The average molecular weight is 476 g/mol. The molecule has 0 radical (unpaired) electrons. The normalized spacial score (nSPS) is 10.8. The summed E-state index contributed by atoms with van der Waals surface area (Å²) in [5.41, 5.74) is 3.18. The summed E-state index contributed by atoms with van der Waals surface area (Å²) in [6, 6.07) is 11.9. The Morgan fingerprint density at radius 2 is 1.82 bits per heavy atom. The number of rotatable bonds is 11. The fourth-order valence-electron chi connectivity index (χ4n) is 3.62. The Morgan fingerprint density at radius 1 is 1.06 bits per heavy atom. The van der Waals surface area contributed by atoms with Crippen LogP contribution in [-0.2, 0) is 19.4 Å². The van der Waals surface area contributed by atoms with Crippen LogP contribution in [0.15, 0.2) is 61.3 Å². The van der Waals surface area contributed by atoms with Crippen LogP contribution in [0, 0.1) is 0 Å². The zero-order valence-electron chi connectivity index (χ0n) is 19.4. The summed E-state index contributed by atoms with van der Waals surface area (Å²) in [6.07, 6.45) is 9.83. The van der Waals surface area contributed by atoms with Crippen LogP contribution in [0.5, 0.6) is 0 Å². The fourth-order valence-corrected chi connectivity index (χ4v) is 4.34. The van der Waals surface area contributed by atoms with Gasteiger partial charge in [-0.05, 0) is 42.5 Å². The molecule has 1 amide bonds. The fraction of sp³-hybridized carbons (Fsp3) is 0.280. The number of aryl methyl sites for hydroxylation is 3. The van der Waals surface area contributed by atoms with Crippen LogP contribution >= 0.6 is 11.3 Å². The van der Waals surface area contributed by atoms with Gasteiger partial charge in [-0.3, -0.25) is 4.79 Å². The van der Waals surface area contributed by atoms with Crippen LogP contribution in [0.3, 0.4) is 0 Å². The third-order valence-corrected chi connectivity index (χ3v) is 6.32. The number of hydrogen-bond acceptors (Lipinski definition) is 7. The van der Waals surface area contributed by atoms with E-state index in [0.717, 1.165) is 55.0 Å². The van der Waals surface area contributed by atoms with E-state index >= 15 is 0 Å². The SMILES string of the molecule is CCc1cccc(CC)c1NC(=O)c1cnc(Nc2cccc(NCCCn3ccnc3)n2)s1. The largest absolute Gasteiger partial charge is 0.370 e. The van der Waals surface area contributed by atoms with Gasteiger partial charge in [-0.15, -0.1) is 0 Å². The molecule has 0 spiro atoms. The van der Waals surface area contributed by atoms with Crippen LogP contribution in [0.2, 0.25) is 0 Å². The molecule has 34 heavy (non-hydrogen) atoms. The number of nitrogens with one attached hydrogen (secondary N) is 3. The third-order valence-electron chi connectivity index (χ3n) is 5.41. The number of pyridine rings is 1. The number of nitrogens with zero attached hydrogens (tertiary/aromatic N) is 4. The number of amides is 1. The molecule has 176 valence electrons. The van der Waals surface area contributed by atoms with Gasteiger partial charge in [0.05, 0.1) is 12.5 Å². The number of para-hydroxylation sites is 1. The first kappa shape index (κ1) is 23.4. The molecule has 4 rings (SSSR count). The highest BCUT2D eigenvalue weighted by molar-refractivity contribution is 7.17. The second kappa shape index (κ2) is 11.4. The molecule has 0 bridgehead atoms. The first-order chi connectivity index (χ1) is 16.7. The number of aromatic nitrogens is 4. The van der Waals surface area contributed by atoms with Gasteiger partial charge in [-0.25, -0.2) is 15.0 Å². The molecule has 3 aromatic heterocycles. The van der Waals surface area contributed by atoms with Gasteiger partial charge in [0.15, 0.2) is 5.13 Å². The zero-order valence-corrected chi connectivity index (χ0v) is 20.2. The maximum atomic E-state index is 12.9. The Balaban J connectivity index is 1.35. The molecular formula is C25H29N7OS. The Hall–Kier alpha value is -3.72. The van der Waals surface area contributed by atoms with Gasteiger partial charge in [0.1, 0.15) is 16.5 Å². The highest BCUT2D eigenvalue weighted by Crippen LogP contribution is 2.26. The van der Waals surface area contributed by atoms with E-state index in [-0.39, 0.29) is 5.91 Å². The van der Waals surface area contributed by atoms with E-state index in [0.29, 0.717) is 15.8 Å². The van der Waals surface area contributed by atoms with E-state index in [1.807, 2.05) is 41.4 Å². The van der Waals surface area contributed by atoms with Gasteiger partial charge in [0, 0.05) is 31.2 Å². The number of imidazole rings is 1. The Morgan fingerprint density at radius 3 is 2.56 bits per heavy atom. The van der Waals surface area contributed by atoms with E-state index in [2.05, 4.69) is 56.9 Å². The summed E-state index contributed by atoms with van der Waals surface area (Å²) < 4.78 is 2.05. The molecule has 0 saturated heterocycles. The van der Waals surface area contributed by atoms with Crippen molar-refractivity contribution in [2.45, 2.75) is 39.7 Å². The smallest absolute Gasteiger partial charge is 0.267 e. The quantitative estimate of drug-likeness (QED) is 0.253. The van der Waals surface area contributed by atoms with Crippen molar-refractivity contribution in [2.24, 2.45) is 0 Å². The highest BCUT2D eigenvalue weighted by atomic mass is 32.1. The van der Waals surface area contributed by atoms with E-state index in [9.17, 15) is 4.79 Å². The molecular weight excluding hydrogens is 446 g/mol. The Bertz CT molecular complexity index is 1200. The summed E-state index contributed by atoms with van der Waals surface area (Å²) in [4.78, 5) is 26.5. The van der Waals surface area contributed by atoms with Gasteiger partial charge >= 0.3 is 0 Å². The average Bonchev–Trinajstić information content (AvgIpc) is 3.55. The van der Waals surface area contributed by atoms with Crippen LogP contribution in [-0.4, -0.2) is 32.0 Å². The maximum absolute atomic E-state index is 12.9. The first-order valence-corrected chi connectivity index (χ1v) is 12.3. The molecule has 3 heterocycles. The number of benzene rings is 1. The molecule has 0 aliphatic carbocycles. The van der Waals surface area contributed by atoms with Crippen molar-refractivity contribution < 1.29 is 4.79 Å². The lowest BCUT2D eigenvalue weighted by atomic mass is 10.0. The van der Waals surface area contributed by atoms with Gasteiger partial charge in [-0.1, -0.05) is 49.4 Å². The molecule has 1 aromatic carbocycles. The molecule has 8 nitrogen and oxygen atoms in total. The van der Waals surface area contributed by atoms with Gasteiger partial charge in [-0.2, -0.15) is 0 Å². The monoisotopic (exact) mass is 475 g/mol. The minimum atomic E-state index is -0.151. The lowest BCUT2D eigenvalue weighted by Gasteiger charge is -2.13. The van der Waals surface area contributed by atoms with Crippen LogP contribution in [0.25, 0.3) is 0 Å². The van der Waals surface area contributed by atoms with Crippen molar-refractivity contribution >= 4 is 39.7 Å². The molecule has 9 heteroatoms. The predicted octanol–water partition coefficient (Wildman–Crippen LogP) is 5.36. The topological polar surface area (TPSA) is 96.8 Å². The van der Waals surface area contributed by atoms with Crippen LogP contribution < -0.4 is 16.0 Å². The minimum Gasteiger partial charge on any atom is -0.370 e. The molecule has 0 aliphatic rings. The van der Waals surface area contributed by atoms with Crippen molar-refractivity contribution in [1.29, 1.82) is 0 Å². The van der Waals surface area contributed by atoms with E-state index in [1.165, 1.54) is 11.3 Å². The summed E-state index contributed by atoms with van der Waals surface area (Å²) in [5, 5.41) is 10.3. The van der Waals surface area contributed by atoms with Crippen molar-refractivity contribution in [3.05, 3.63) is 77.3 Å². The molecule has 0 saturated carbocycles. The molecule has 0 atom stereocenters. The maximum Gasteiger partial charge on any atom is 0.267 e. The van der Waals surface area contributed by atoms with Crippen molar-refractivity contribution in [3.63, 3.8) is 0 Å². The molecule has 0 fully saturated rings. The van der Waals surface area contributed by atoms with E-state index < -0.39 is 0 Å². The van der Waals surface area contributed by atoms with Crippen LogP contribution in [0.1, 0.15) is 41.1 Å². The van der Waals surface area contributed by atoms with Gasteiger partial charge in [0.25, 0.3) is 5.91 Å². The third kappa shape index (κ3) is 5.99. The number of carbonyl (C=O) groups is 1. The lowest BCUT2D eigenvalue weighted by Crippen LogP contribution is -2.13. The van der Waals surface area contributed by atoms with Crippen molar-refractivity contribution in [1.82, 2.24) is 19.5 Å². The number of anilines is 4. The summed E-state index contributed by atoms with van der Waals surface area (Å²) in [6.45, 7) is 5.89. The lowest BCUT2D eigenvalue weighted by molar-refractivity contribution is 0.103. The number of carbonyl (C=O) groups excluding carboxylic acids is 1. The highest BCUT2D eigenvalue weighted by Gasteiger charge is 2.15. The number of hydrogen-bond donors (Lipinski definition) is 3. The molecule has 0 aliphatic heterocycles. The second-order valence-corrected chi connectivity index (χ2v) is 8.79. The van der Waals surface area contributed by atoms with Gasteiger partial charge in [0.2, 0.25) is 0 Å². The Kier molecular flexibility index (Phi) is 7.87.